The van der Waals surface area contributed by atoms with Crippen LogP contribution in [-0.2, 0) is 4.74 Å². The van der Waals surface area contributed by atoms with Crippen molar-refractivity contribution in [1.29, 1.82) is 0 Å². The molecule has 0 atom stereocenters. The molecule has 1 fully saturated rings. The summed E-state index contributed by atoms with van der Waals surface area (Å²) in [5.74, 6) is 1.89. The standard InChI is InChI=1S/C13H18N2O2S/c1-2-17-13(16)11-9-10(14)3-4-12(11)15-5-7-18-8-6-15/h3-4,9H,2,5-8,14H2,1H3. The lowest BCUT2D eigenvalue weighted by Gasteiger charge is -2.30. The van der Waals surface area contributed by atoms with Crippen molar-refractivity contribution in [3.8, 4) is 0 Å². The predicted molar refractivity (Wildman–Crippen MR) is 76.3 cm³/mol. The molecule has 2 rings (SSSR count). The summed E-state index contributed by atoms with van der Waals surface area (Å²) in [6, 6.07) is 5.45. The van der Waals surface area contributed by atoms with Gasteiger partial charge in [-0.25, -0.2) is 4.79 Å². The van der Waals surface area contributed by atoms with Gasteiger partial charge >= 0.3 is 5.97 Å². The largest absolute Gasteiger partial charge is 0.462 e. The monoisotopic (exact) mass is 266 g/mol. The smallest absolute Gasteiger partial charge is 0.340 e. The Morgan fingerprint density at radius 1 is 1.44 bits per heavy atom. The fourth-order valence-electron chi connectivity index (χ4n) is 2.01. The second kappa shape index (κ2) is 6.00. The topological polar surface area (TPSA) is 55.6 Å². The second-order valence-corrected chi connectivity index (χ2v) is 5.32. The molecule has 0 bridgehead atoms. The zero-order chi connectivity index (χ0) is 13.0. The van der Waals surface area contributed by atoms with Crippen LogP contribution in [0.3, 0.4) is 0 Å². The minimum Gasteiger partial charge on any atom is -0.462 e. The first-order chi connectivity index (χ1) is 8.72. The highest BCUT2D eigenvalue weighted by Crippen LogP contribution is 2.26. The van der Waals surface area contributed by atoms with E-state index in [1.165, 1.54) is 0 Å². The quantitative estimate of drug-likeness (QED) is 0.670. The summed E-state index contributed by atoms with van der Waals surface area (Å²) < 4.78 is 5.09. The zero-order valence-electron chi connectivity index (χ0n) is 10.5. The Hall–Kier alpha value is -1.36. The second-order valence-electron chi connectivity index (χ2n) is 4.10. The first-order valence-electron chi connectivity index (χ1n) is 6.11. The molecule has 0 saturated carbocycles. The molecule has 1 aromatic carbocycles. The number of nitrogens with zero attached hydrogens (tertiary/aromatic N) is 1. The normalized spacial score (nSPS) is 15.5. The van der Waals surface area contributed by atoms with Crippen LogP contribution in [0, 0.1) is 0 Å². The fourth-order valence-corrected chi connectivity index (χ4v) is 2.91. The molecule has 4 nitrogen and oxygen atoms in total. The van der Waals surface area contributed by atoms with Gasteiger partial charge in [-0.15, -0.1) is 0 Å². The molecule has 0 aromatic heterocycles. The Kier molecular flexibility index (Phi) is 4.36. The van der Waals surface area contributed by atoms with Crippen LogP contribution >= 0.6 is 11.8 Å². The van der Waals surface area contributed by atoms with Crippen LogP contribution < -0.4 is 10.6 Å². The average molecular weight is 266 g/mol. The Bertz CT molecular complexity index is 431. The van der Waals surface area contributed by atoms with E-state index in [0.29, 0.717) is 17.9 Å². The summed E-state index contributed by atoms with van der Waals surface area (Å²) in [5, 5.41) is 0. The number of nitrogens with two attached hydrogens (primary N) is 1. The number of carbonyl (C=O) groups is 1. The summed E-state index contributed by atoms with van der Waals surface area (Å²) in [6.45, 7) is 4.10. The number of ether oxygens (including phenoxy) is 1. The number of hydrogen-bond donors (Lipinski definition) is 1. The number of nitrogen functional groups attached to an aromatic ring is 1. The van der Waals surface area contributed by atoms with E-state index in [4.69, 9.17) is 10.5 Å². The van der Waals surface area contributed by atoms with Gasteiger partial charge in [0.2, 0.25) is 0 Å². The van der Waals surface area contributed by atoms with Gasteiger partial charge in [0.1, 0.15) is 0 Å². The maximum Gasteiger partial charge on any atom is 0.340 e. The number of esters is 1. The minimum absolute atomic E-state index is 0.293. The van der Waals surface area contributed by atoms with Gasteiger partial charge in [-0.1, -0.05) is 0 Å². The molecule has 0 unspecified atom stereocenters. The lowest BCUT2D eigenvalue weighted by Crippen LogP contribution is -2.33. The SMILES string of the molecule is CCOC(=O)c1cc(N)ccc1N1CCSCC1. The van der Waals surface area contributed by atoms with Gasteiger partial charge in [0.15, 0.2) is 0 Å². The van der Waals surface area contributed by atoms with E-state index in [1.807, 2.05) is 23.9 Å². The highest BCUT2D eigenvalue weighted by molar-refractivity contribution is 7.99. The summed E-state index contributed by atoms with van der Waals surface area (Å²) in [7, 11) is 0. The van der Waals surface area contributed by atoms with Gasteiger partial charge in [0.25, 0.3) is 0 Å². The molecule has 18 heavy (non-hydrogen) atoms. The Labute approximate surface area is 111 Å². The number of carbonyl (C=O) groups excluding carboxylic acids is 1. The van der Waals surface area contributed by atoms with Gasteiger partial charge in [0.05, 0.1) is 17.9 Å². The van der Waals surface area contributed by atoms with Crippen molar-refractivity contribution in [2.75, 3.05) is 41.8 Å². The van der Waals surface area contributed by atoms with Crippen molar-refractivity contribution >= 4 is 29.1 Å². The Morgan fingerprint density at radius 3 is 2.83 bits per heavy atom. The van der Waals surface area contributed by atoms with Crippen molar-refractivity contribution < 1.29 is 9.53 Å². The van der Waals surface area contributed by atoms with Crippen LogP contribution in [0.5, 0.6) is 0 Å². The molecule has 0 aliphatic carbocycles. The molecule has 98 valence electrons. The van der Waals surface area contributed by atoms with Gasteiger partial charge in [-0.05, 0) is 25.1 Å². The van der Waals surface area contributed by atoms with E-state index in [0.717, 1.165) is 30.3 Å². The highest BCUT2D eigenvalue weighted by atomic mass is 32.2. The third kappa shape index (κ3) is 2.90. The molecule has 2 N–H and O–H groups in total. The van der Waals surface area contributed by atoms with Crippen LogP contribution in [0.4, 0.5) is 11.4 Å². The first kappa shape index (κ1) is 13.1. The minimum atomic E-state index is -0.293. The molecule has 5 heteroatoms. The third-order valence-corrected chi connectivity index (χ3v) is 3.81. The van der Waals surface area contributed by atoms with Crippen LogP contribution in [0.25, 0.3) is 0 Å². The molecular formula is C13H18N2O2S. The predicted octanol–water partition coefficient (Wildman–Crippen LogP) is 2.00. The number of benzene rings is 1. The average Bonchev–Trinajstić information content (AvgIpc) is 2.40. The molecule has 1 saturated heterocycles. The van der Waals surface area contributed by atoms with Crippen LogP contribution in [-0.4, -0.2) is 37.2 Å². The van der Waals surface area contributed by atoms with E-state index in [9.17, 15) is 4.79 Å². The summed E-state index contributed by atoms with van der Waals surface area (Å²) >= 11 is 1.94. The van der Waals surface area contributed by atoms with E-state index in [-0.39, 0.29) is 5.97 Å². The van der Waals surface area contributed by atoms with Gasteiger partial charge < -0.3 is 15.4 Å². The van der Waals surface area contributed by atoms with Crippen molar-refractivity contribution in [2.24, 2.45) is 0 Å². The van der Waals surface area contributed by atoms with Gasteiger partial charge in [-0.2, -0.15) is 11.8 Å². The lowest BCUT2D eigenvalue weighted by molar-refractivity contribution is 0.0527. The molecule has 0 amide bonds. The number of thioether (sulfide) groups is 1. The van der Waals surface area contributed by atoms with Crippen molar-refractivity contribution in [3.63, 3.8) is 0 Å². The van der Waals surface area contributed by atoms with Crippen molar-refractivity contribution in [3.05, 3.63) is 23.8 Å². The van der Waals surface area contributed by atoms with Crippen LogP contribution in [0.15, 0.2) is 18.2 Å². The van der Waals surface area contributed by atoms with Crippen LogP contribution in [0.1, 0.15) is 17.3 Å². The summed E-state index contributed by atoms with van der Waals surface area (Å²) in [5.41, 5.74) is 7.86. The van der Waals surface area contributed by atoms with E-state index >= 15 is 0 Å². The highest BCUT2D eigenvalue weighted by Gasteiger charge is 2.19. The Morgan fingerprint density at radius 2 is 2.17 bits per heavy atom. The third-order valence-electron chi connectivity index (χ3n) is 2.87. The van der Waals surface area contributed by atoms with Gasteiger partial charge in [0, 0.05) is 30.3 Å². The van der Waals surface area contributed by atoms with E-state index < -0.39 is 0 Å². The molecule has 1 aliphatic rings. The molecule has 0 radical (unpaired) electrons. The Balaban J connectivity index is 2.30. The fraction of sp³-hybridized carbons (Fsp3) is 0.462. The zero-order valence-corrected chi connectivity index (χ0v) is 11.3. The molecule has 1 aliphatic heterocycles. The summed E-state index contributed by atoms with van der Waals surface area (Å²) in [4.78, 5) is 14.2. The van der Waals surface area contributed by atoms with Crippen LogP contribution in [0.2, 0.25) is 0 Å². The lowest BCUT2D eigenvalue weighted by atomic mass is 10.1. The number of rotatable bonds is 3. The molecule has 0 spiro atoms. The molecular weight excluding hydrogens is 248 g/mol. The molecule has 1 aromatic rings. The first-order valence-corrected chi connectivity index (χ1v) is 7.27. The maximum absolute atomic E-state index is 12.0. The number of hydrogen-bond acceptors (Lipinski definition) is 5. The van der Waals surface area contributed by atoms with E-state index in [1.54, 1.807) is 13.0 Å². The van der Waals surface area contributed by atoms with E-state index in [2.05, 4.69) is 4.90 Å². The summed E-state index contributed by atoms with van der Waals surface area (Å²) in [6.07, 6.45) is 0. The maximum atomic E-state index is 12.0. The van der Waals surface area contributed by atoms with Crippen molar-refractivity contribution in [2.45, 2.75) is 6.92 Å². The molecule has 1 heterocycles. The number of anilines is 2. The van der Waals surface area contributed by atoms with Crippen molar-refractivity contribution in [1.82, 2.24) is 0 Å². The van der Waals surface area contributed by atoms with Gasteiger partial charge in [-0.3, -0.25) is 0 Å².